The maximum Gasteiger partial charge on any atom is 0.252 e. The van der Waals surface area contributed by atoms with Gasteiger partial charge in [-0.3, -0.25) is 14.9 Å². The van der Waals surface area contributed by atoms with Gasteiger partial charge in [0, 0.05) is 18.8 Å². The molecule has 4 rings (SSSR count). The summed E-state index contributed by atoms with van der Waals surface area (Å²) in [5, 5.41) is 5.66. The number of hydrogen-bond donors (Lipinski definition) is 2. The van der Waals surface area contributed by atoms with Crippen LogP contribution in [0.3, 0.4) is 0 Å². The third kappa shape index (κ3) is 3.84. The van der Waals surface area contributed by atoms with Crippen LogP contribution in [0.4, 0.5) is 5.69 Å². The van der Waals surface area contributed by atoms with Crippen molar-refractivity contribution in [3.63, 3.8) is 0 Å². The van der Waals surface area contributed by atoms with E-state index in [1.807, 2.05) is 43.3 Å². The summed E-state index contributed by atoms with van der Waals surface area (Å²) < 4.78 is 0. The number of aliphatic imine (C=N–C) groups is 1. The summed E-state index contributed by atoms with van der Waals surface area (Å²) in [7, 11) is 0. The van der Waals surface area contributed by atoms with Crippen LogP contribution < -0.4 is 10.6 Å². The van der Waals surface area contributed by atoms with Gasteiger partial charge in [-0.05, 0) is 36.6 Å². The smallest absolute Gasteiger partial charge is 0.252 e. The van der Waals surface area contributed by atoms with Gasteiger partial charge in [0.1, 0.15) is 6.04 Å². The van der Waals surface area contributed by atoms with Gasteiger partial charge in [-0.1, -0.05) is 42.0 Å². The average Bonchev–Trinajstić information content (AvgIpc) is 3.03. The minimum atomic E-state index is -0.678. The van der Waals surface area contributed by atoms with E-state index in [1.165, 1.54) is 11.1 Å². The van der Waals surface area contributed by atoms with Crippen LogP contribution in [0.2, 0.25) is 0 Å². The zero-order valence-corrected chi connectivity index (χ0v) is 15.2. The second-order valence-corrected chi connectivity index (χ2v) is 7.02. The Kier molecular flexibility index (Phi) is 4.62. The molecule has 2 heterocycles. The molecule has 27 heavy (non-hydrogen) atoms. The Labute approximate surface area is 158 Å². The molecule has 1 atom stereocenters. The highest BCUT2D eigenvalue weighted by atomic mass is 16.2. The standard InChI is InChI=1S/C21H22N4O2/c1-14-6-8-17(9-7-14)22-19(26)12-18-20(27)24-21(23-18)25-11-10-15-4-2-3-5-16(15)13-25/h2-9,18H,10-13H2,1H3,(H,22,26)(H,23,24,27)/t18-/m0/s1. The third-order valence-electron chi connectivity index (χ3n) is 4.96. The molecule has 0 saturated heterocycles. The van der Waals surface area contributed by atoms with E-state index in [-0.39, 0.29) is 18.2 Å². The molecule has 2 aliphatic heterocycles. The molecule has 0 saturated carbocycles. The second-order valence-electron chi connectivity index (χ2n) is 7.02. The van der Waals surface area contributed by atoms with Gasteiger partial charge in [0.25, 0.3) is 5.91 Å². The van der Waals surface area contributed by atoms with E-state index in [1.54, 1.807) is 0 Å². The van der Waals surface area contributed by atoms with E-state index in [0.29, 0.717) is 5.96 Å². The molecule has 2 aromatic rings. The normalized spacial score (nSPS) is 18.6. The molecule has 2 aliphatic rings. The summed E-state index contributed by atoms with van der Waals surface area (Å²) in [6.07, 6.45) is 0.956. The number of fused-ring (bicyclic) bond motifs is 1. The number of nitrogens with zero attached hydrogens (tertiary/aromatic N) is 2. The van der Waals surface area contributed by atoms with Crippen molar-refractivity contribution >= 4 is 23.5 Å². The maximum absolute atomic E-state index is 12.3. The molecule has 0 aliphatic carbocycles. The van der Waals surface area contributed by atoms with Crippen LogP contribution in [0.25, 0.3) is 0 Å². The zero-order valence-electron chi connectivity index (χ0n) is 15.2. The highest BCUT2D eigenvalue weighted by Crippen LogP contribution is 2.20. The van der Waals surface area contributed by atoms with Crippen LogP contribution in [-0.2, 0) is 22.6 Å². The monoisotopic (exact) mass is 362 g/mol. The van der Waals surface area contributed by atoms with Crippen molar-refractivity contribution in [2.75, 3.05) is 11.9 Å². The van der Waals surface area contributed by atoms with E-state index < -0.39 is 6.04 Å². The molecule has 2 aromatic carbocycles. The van der Waals surface area contributed by atoms with Crippen LogP contribution in [0.1, 0.15) is 23.1 Å². The van der Waals surface area contributed by atoms with Crippen molar-refractivity contribution in [3.8, 4) is 0 Å². The summed E-state index contributed by atoms with van der Waals surface area (Å²) in [5.41, 5.74) is 4.44. The third-order valence-corrected chi connectivity index (χ3v) is 4.96. The first-order valence-corrected chi connectivity index (χ1v) is 9.15. The Morgan fingerprint density at radius 2 is 1.93 bits per heavy atom. The van der Waals surface area contributed by atoms with E-state index in [0.717, 1.165) is 30.8 Å². The number of carbonyl (C=O) groups excluding carboxylic acids is 2. The lowest BCUT2D eigenvalue weighted by atomic mass is 10.0. The van der Waals surface area contributed by atoms with Crippen molar-refractivity contribution < 1.29 is 9.59 Å². The van der Waals surface area contributed by atoms with Crippen molar-refractivity contribution in [3.05, 3.63) is 65.2 Å². The zero-order chi connectivity index (χ0) is 18.8. The maximum atomic E-state index is 12.3. The van der Waals surface area contributed by atoms with E-state index in [4.69, 9.17) is 0 Å². The van der Waals surface area contributed by atoms with E-state index in [2.05, 4.69) is 32.7 Å². The number of hydrogen-bond acceptors (Lipinski definition) is 4. The fourth-order valence-electron chi connectivity index (χ4n) is 3.43. The molecule has 0 radical (unpaired) electrons. The predicted octanol–water partition coefficient (Wildman–Crippen LogP) is 2.24. The molecule has 2 amide bonds. The van der Waals surface area contributed by atoms with Crippen molar-refractivity contribution in [1.29, 1.82) is 0 Å². The van der Waals surface area contributed by atoms with Gasteiger partial charge in [0.15, 0.2) is 0 Å². The van der Waals surface area contributed by atoms with Gasteiger partial charge in [-0.25, -0.2) is 4.99 Å². The molecular formula is C21H22N4O2. The lowest BCUT2D eigenvalue weighted by Gasteiger charge is -2.29. The Balaban J connectivity index is 1.39. The Hall–Kier alpha value is -3.15. The van der Waals surface area contributed by atoms with Crippen molar-refractivity contribution in [2.24, 2.45) is 4.99 Å². The van der Waals surface area contributed by atoms with Gasteiger partial charge < -0.3 is 10.2 Å². The topological polar surface area (TPSA) is 73.8 Å². The summed E-state index contributed by atoms with van der Waals surface area (Å²) in [4.78, 5) is 31.1. The molecule has 0 unspecified atom stereocenters. The van der Waals surface area contributed by atoms with Crippen molar-refractivity contribution in [2.45, 2.75) is 32.4 Å². The molecule has 0 fully saturated rings. The number of amides is 2. The lowest BCUT2D eigenvalue weighted by molar-refractivity contribution is -0.123. The van der Waals surface area contributed by atoms with Crippen molar-refractivity contribution in [1.82, 2.24) is 10.2 Å². The average molecular weight is 362 g/mol. The number of benzene rings is 2. The van der Waals surface area contributed by atoms with Gasteiger partial charge in [0.2, 0.25) is 11.9 Å². The Morgan fingerprint density at radius 3 is 2.70 bits per heavy atom. The summed E-state index contributed by atoms with van der Waals surface area (Å²) in [6.45, 7) is 3.51. The largest absolute Gasteiger partial charge is 0.338 e. The number of rotatable bonds is 3. The fraction of sp³-hybridized carbons (Fsp3) is 0.286. The van der Waals surface area contributed by atoms with Gasteiger partial charge in [-0.15, -0.1) is 0 Å². The van der Waals surface area contributed by atoms with Gasteiger partial charge in [-0.2, -0.15) is 0 Å². The minimum absolute atomic E-state index is 0.0354. The number of guanidine groups is 1. The first-order valence-electron chi connectivity index (χ1n) is 9.15. The molecule has 6 heteroatoms. The highest BCUT2D eigenvalue weighted by Gasteiger charge is 2.32. The summed E-state index contributed by atoms with van der Waals surface area (Å²) >= 11 is 0. The molecule has 6 nitrogen and oxygen atoms in total. The minimum Gasteiger partial charge on any atom is -0.338 e. The van der Waals surface area contributed by atoms with Crippen LogP contribution in [0.15, 0.2) is 53.5 Å². The summed E-state index contributed by atoms with van der Waals surface area (Å²) in [6, 6.07) is 15.2. The number of aryl methyl sites for hydroxylation is 1. The van der Waals surface area contributed by atoms with Crippen LogP contribution in [0, 0.1) is 6.92 Å². The number of carbonyl (C=O) groups is 2. The first-order chi connectivity index (χ1) is 13.1. The van der Waals surface area contributed by atoms with Crippen LogP contribution >= 0.6 is 0 Å². The second kappa shape index (κ2) is 7.23. The molecule has 0 bridgehead atoms. The summed E-state index contributed by atoms with van der Waals surface area (Å²) in [5.74, 6) is 0.138. The Bertz CT molecular complexity index is 905. The van der Waals surface area contributed by atoms with E-state index in [9.17, 15) is 9.59 Å². The molecule has 2 N–H and O–H groups in total. The predicted molar refractivity (Wildman–Crippen MR) is 104 cm³/mol. The fourth-order valence-corrected chi connectivity index (χ4v) is 3.43. The SMILES string of the molecule is Cc1ccc(NC(=O)C[C@@H]2N=C(N3CCc4ccccc4C3)NC2=O)cc1. The molecule has 0 spiro atoms. The molecule has 138 valence electrons. The number of nitrogens with one attached hydrogen (secondary N) is 2. The molecular weight excluding hydrogens is 340 g/mol. The quantitative estimate of drug-likeness (QED) is 0.879. The van der Waals surface area contributed by atoms with Gasteiger partial charge >= 0.3 is 0 Å². The Morgan fingerprint density at radius 1 is 1.19 bits per heavy atom. The first kappa shape index (κ1) is 17.3. The van der Waals surface area contributed by atoms with E-state index >= 15 is 0 Å². The molecule has 0 aromatic heterocycles. The van der Waals surface area contributed by atoms with Crippen LogP contribution in [-0.4, -0.2) is 35.3 Å². The van der Waals surface area contributed by atoms with Gasteiger partial charge in [0.05, 0.1) is 6.42 Å². The lowest BCUT2D eigenvalue weighted by Crippen LogP contribution is -2.43. The van der Waals surface area contributed by atoms with Crippen LogP contribution in [0.5, 0.6) is 0 Å². The highest BCUT2D eigenvalue weighted by molar-refractivity contribution is 6.07. The number of anilines is 1.